The molecule has 0 aromatic heterocycles. The fraction of sp³-hybridized carbons (Fsp3) is 0.235. The van der Waals surface area contributed by atoms with Crippen LogP contribution in [-0.4, -0.2) is 0 Å². The molecule has 4 aromatic rings. The largest absolute Gasteiger partial charge is 0.432 e. The molecule has 0 bridgehead atoms. The summed E-state index contributed by atoms with van der Waals surface area (Å²) in [5, 5.41) is 0. The molecule has 0 N–H and O–H groups in total. The molecule has 1 nitrogen and oxygen atoms in total. The van der Waals surface area contributed by atoms with Gasteiger partial charge in [-0.1, -0.05) is 31.6 Å². The third-order valence-corrected chi connectivity index (χ3v) is 6.95. The Morgan fingerprint density at radius 1 is 0.659 bits per heavy atom. The molecular weight excluding hydrogens is 595 g/mol. The monoisotopic (exact) mass is 620 g/mol. The second-order valence-electron chi connectivity index (χ2n) is 10.2. The average molecular weight is 621 g/mol. The highest BCUT2D eigenvalue weighted by Crippen LogP contribution is 2.37. The van der Waals surface area contributed by atoms with Crippen LogP contribution in [0, 0.1) is 66.4 Å². The van der Waals surface area contributed by atoms with Crippen LogP contribution < -0.4 is 4.74 Å². The van der Waals surface area contributed by atoms with E-state index in [1.807, 2.05) is 6.92 Å². The van der Waals surface area contributed by atoms with Crippen molar-refractivity contribution in [3.05, 3.63) is 123 Å². The lowest BCUT2D eigenvalue weighted by Crippen LogP contribution is -2.25. The summed E-state index contributed by atoms with van der Waals surface area (Å²) >= 11 is 0. The fourth-order valence-electron chi connectivity index (χ4n) is 4.52. The van der Waals surface area contributed by atoms with Gasteiger partial charge in [0.1, 0.15) is 52.0 Å². The molecule has 0 aliphatic carbocycles. The third kappa shape index (κ3) is 7.04. The first kappa shape index (κ1) is 32.5. The van der Waals surface area contributed by atoms with Gasteiger partial charge in [-0.2, -0.15) is 8.78 Å². The summed E-state index contributed by atoms with van der Waals surface area (Å²) in [5.74, 6) is -5.18. The smallest absolute Gasteiger partial charge is 0.429 e. The molecule has 0 unspecified atom stereocenters. The molecule has 0 aliphatic rings. The molecule has 4 aromatic carbocycles. The predicted molar refractivity (Wildman–Crippen MR) is 148 cm³/mol. The van der Waals surface area contributed by atoms with Gasteiger partial charge in [-0.25, -0.2) is 30.7 Å². The van der Waals surface area contributed by atoms with Gasteiger partial charge in [-0.15, -0.1) is 0 Å². The Morgan fingerprint density at radius 2 is 1.25 bits per heavy atom. The van der Waals surface area contributed by atoms with Crippen LogP contribution in [0.15, 0.2) is 48.5 Å². The highest BCUT2D eigenvalue weighted by Gasteiger charge is 2.41. The maximum absolute atomic E-state index is 14.9. The van der Waals surface area contributed by atoms with Crippen LogP contribution in [0.25, 0.3) is 11.1 Å². The molecule has 10 heteroatoms. The van der Waals surface area contributed by atoms with E-state index in [0.717, 1.165) is 43.2 Å². The Kier molecular flexibility index (Phi) is 9.67. The van der Waals surface area contributed by atoms with Crippen LogP contribution in [0.5, 0.6) is 5.75 Å². The van der Waals surface area contributed by atoms with Gasteiger partial charge < -0.3 is 4.74 Å². The summed E-state index contributed by atoms with van der Waals surface area (Å²) in [4.78, 5) is 0. The van der Waals surface area contributed by atoms with Gasteiger partial charge in [0.05, 0.1) is 5.56 Å². The minimum absolute atomic E-state index is 0.0194. The van der Waals surface area contributed by atoms with E-state index in [4.69, 9.17) is 0 Å². The molecule has 0 atom stereocenters. The van der Waals surface area contributed by atoms with E-state index >= 15 is 0 Å². The van der Waals surface area contributed by atoms with Crippen molar-refractivity contribution in [2.24, 2.45) is 0 Å². The van der Waals surface area contributed by atoms with Gasteiger partial charge in [0.15, 0.2) is 0 Å². The molecule has 0 fully saturated rings. The van der Waals surface area contributed by atoms with Crippen LogP contribution in [-0.2, 0) is 12.5 Å². The lowest BCUT2D eigenvalue weighted by atomic mass is 9.98. The highest BCUT2D eigenvalue weighted by atomic mass is 19.3. The van der Waals surface area contributed by atoms with E-state index in [9.17, 15) is 39.5 Å². The van der Waals surface area contributed by atoms with Crippen molar-refractivity contribution in [2.75, 3.05) is 0 Å². The zero-order valence-corrected chi connectivity index (χ0v) is 23.8. The number of hydrogen-bond donors (Lipinski definition) is 0. The van der Waals surface area contributed by atoms with Crippen molar-refractivity contribution in [1.82, 2.24) is 0 Å². The van der Waals surface area contributed by atoms with Crippen LogP contribution in [0.3, 0.4) is 0 Å². The SMILES string of the molecule is CCCCCc1cc(F)c(C(F)(F)Oc2cc(F)c(C#Cc3cc(F)c(-c4cc(F)c(C)c(F)c4)cc3C)c(F)c2)c(F)c1. The van der Waals surface area contributed by atoms with Crippen LogP contribution in [0.2, 0.25) is 0 Å². The molecule has 4 rings (SSSR count). The molecular formula is C34H25F9O. The van der Waals surface area contributed by atoms with Crippen molar-refractivity contribution in [1.29, 1.82) is 0 Å². The van der Waals surface area contributed by atoms with Gasteiger partial charge in [0.25, 0.3) is 0 Å². The Balaban J connectivity index is 1.59. The number of rotatable bonds is 8. The Labute approximate surface area is 248 Å². The Hall–Kier alpha value is -4.39. The van der Waals surface area contributed by atoms with E-state index in [1.165, 1.54) is 19.9 Å². The fourth-order valence-corrected chi connectivity index (χ4v) is 4.52. The lowest BCUT2D eigenvalue weighted by molar-refractivity contribution is -0.189. The summed E-state index contributed by atoms with van der Waals surface area (Å²) in [6.07, 6.45) is -2.12. The number of halogens is 9. The molecule has 230 valence electrons. The van der Waals surface area contributed by atoms with Gasteiger partial charge in [-0.05, 0) is 79.8 Å². The lowest BCUT2D eigenvalue weighted by Gasteiger charge is -2.20. The van der Waals surface area contributed by atoms with Crippen LogP contribution in [0.1, 0.15) is 59.6 Å². The van der Waals surface area contributed by atoms with Gasteiger partial charge in [0, 0.05) is 28.8 Å². The summed E-state index contributed by atoms with van der Waals surface area (Å²) in [5.41, 5.74) is -2.56. The van der Waals surface area contributed by atoms with Crippen molar-refractivity contribution in [3.63, 3.8) is 0 Å². The number of alkyl halides is 2. The number of ether oxygens (including phenoxy) is 1. The first-order chi connectivity index (χ1) is 20.7. The third-order valence-electron chi connectivity index (χ3n) is 6.95. The first-order valence-electron chi connectivity index (χ1n) is 13.5. The summed E-state index contributed by atoms with van der Waals surface area (Å²) in [6.45, 7) is 4.64. The van der Waals surface area contributed by atoms with E-state index in [2.05, 4.69) is 16.6 Å². The Bertz CT molecular complexity index is 1710. The summed E-state index contributed by atoms with van der Waals surface area (Å²) in [7, 11) is 0. The molecule has 0 amide bonds. The number of hydrogen-bond acceptors (Lipinski definition) is 1. The molecule has 44 heavy (non-hydrogen) atoms. The van der Waals surface area contributed by atoms with Crippen molar-refractivity contribution in [3.8, 4) is 28.7 Å². The minimum atomic E-state index is -4.62. The van der Waals surface area contributed by atoms with Crippen LogP contribution in [0.4, 0.5) is 39.5 Å². The zero-order valence-electron chi connectivity index (χ0n) is 23.8. The van der Waals surface area contributed by atoms with Crippen molar-refractivity contribution < 1.29 is 44.3 Å². The highest BCUT2D eigenvalue weighted by molar-refractivity contribution is 5.67. The Morgan fingerprint density at radius 3 is 1.82 bits per heavy atom. The maximum atomic E-state index is 14.9. The minimum Gasteiger partial charge on any atom is -0.429 e. The maximum Gasteiger partial charge on any atom is 0.432 e. The van der Waals surface area contributed by atoms with Crippen molar-refractivity contribution in [2.45, 2.75) is 52.6 Å². The van der Waals surface area contributed by atoms with Gasteiger partial charge >= 0.3 is 6.11 Å². The summed E-state index contributed by atoms with van der Waals surface area (Å²) < 4.78 is 135. The second kappa shape index (κ2) is 13.1. The van der Waals surface area contributed by atoms with E-state index < -0.39 is 63.7 Å². The topological polar surface area (TPSA) is 9.23 Å². The van der Waals surface area contributed by atoms with Crippen molar-refractivity contribution >= 4 is 0 Å². The van der Waals surface area contributed by atoms with E-state index in [1.54, 1.807) is 0 Å². The molecule has 0 saturated heterocycles. The normalized spacial score (nSPS) is 11.4. The first-order valence-corrected chi connectivity index (χ1v) is 13.5. The van der Waals surface area contributed by atoms with E-state index in [-0.39, 0.29) is 34.2 Å². The standard InChI is InChI=1S/C34H25F9O/c1-4-5-6-7-20-11-31(40)33(32(41)12-20)34(42,43)44-23-16-29(38)24(30(39)17-23)9-8-21-13-28(37)25(10-18(21)2)22-14-26(35)19(3)27(36)15-22/h10-17H,4-7H2,1-3H3. The number of aryl methyl sites for hydroxylation is 2. The zero-order chi connectivity index (χ0) is 32.3. The molecule has 0 aliphatic heterocycles. The second-order valence-corrected chi connectivity index (χ2v) is 10.2. The van der Waals surface area contributed by atoms with Crippen LogP contribution >= 0.6 is 0 Å². The number of unbranched alkanes of at least 4 members (excludes halogenated alkanes) is 2. The molecule has 0 saturated carbocycles. The summed E-state index contributed by atoms with van der Waals surface area (Å²) in [6, 6.07) is 6.36. The predicted octanol–water partition coefficient (Wildman–Crippen LogP) is 10.2. The van der Waals surface area contributed by atoms with Gasteiger partial charge in [-0.3, -0.25) is 0 Å². The quantitative estimate of drug-likeness (QED) is 0.108. The number of benzene rings is 4. The van der Waals surface area contributed by atoms with Gasteiger partial charge in [0.2, 0.25) is 0 Å². The average Bonchev–Trinajstić information content (AvgIpc) is 2.92. The molecule has 0 heterocycles. The molecule has 0 spiro atoms. The van der Waals surface area contributed by atoms with E-state index in [0.29, 0.717) is 24.1 Å². The molecule has 0 radical (unpaired) electrons.